The van der Waals surface area contributed by atoms with E-state index in [4.69, 9.17) is 4.74 Å². The zero-order valence-electron chi connectivity index (χ0n) is 18.5. The highest BCUT2D eigenvalue weighted by Gasteiger charge is 2.31. The van der Waals surface area contributed by atoms with E-state index < -0.39 is 14.6 Å². The van der Waals surface area contributed by atoms with Crippen LogP contribution in [0.2, 0.25) is 0 Å². The second-order valence-corrected chi connectivity index (χ2v) is 12.4. The van der Waals surface area contributed by atoms with Gasteiger partial charge in [-0.25, -0.2) is 8.42 Å². The molecule has 27 heavy (non-hydrogen) atoms. The van der Waals surface area contributed by atoms with Gasteiger partial charge in [-0.2, -0.15) is 0 Å². The minimum Gasteiger partial charge on any atom is -0.488 e. The summed E-state index contributed by atoms with van der Waals surface area (Å²) in [5.74, 6) is 1.77. The molecule has 0 spiro atoms. The molecule has 0 heterocycles. The largest absolute Gasteiger partial charge is 0.488 e. The van der Waals surface area contributed by atoms with Crippen LogP contribution in [-0.2, 0) is 16.3 Å². The molecule has 0 N–H and O–H groups in total. The summed E-state index contributed by atoms with van der Waals surface area (Å²) < 4.78 is 29.0. The van der Waals surface area contributed by atoms with Crippen molar-refractivity contribution in [2.45, 2.75) is 97.3 Å². The molecule has 0 bridgehead atoms. The Morgan fingerprint density at radius 3 is 1.85 bits per heavy atom. The molecule has 1 aliphatic carbocycles. The van der Waals surface area contributed by atoms with Crippen LogP contribution in [0.1, 0.15) is 86.1 Å². The highest BCUT2D eigenvalue weighted by atomic mass is 32.2. The Morgan fingerprint density at radius 1 is 0.926 bits per heavy atom. The third-order valence-electron chi connectivity index (χ3n) is 4.87. The maximum Gasteiger partial charge on any atom is 0.155 e. The number of benzene rings is 1. The van der Waals surface area contributed by atoms with Crippen molar-refractivity contribution in [3.63, 3.8) is 0 Å². The molecule has 0 unspecified atom stereocenters. The van der Waals surface area contributed by atoms with Crippen molar-refractivity contribution >= 4 is 9.84 Å². The fourth-order valence-corrected chi connectivity index (χ4v) is 4.51. The predicted molar refractivity (Wildman–Crippen MR) is 116 cm³/mol. The number of rotatable bonds is 4. The molecule has 3 nitrogen and oxygen atoms in total. The van der Waals surface area contributed by atoms with E-state index in [1.165, 1.54) is 24.8 Å². The summed E-state index contributed by atoms with van der Waals surface area (Å²) in [6.45, 7) is 13.7. The maximum absolute atomic E-state index is 11.9. The number of hydrogen-bond acceptors (Lipinski definition) is 3. The third kappa shape index (κ3) is 9.14. The molecular weight excluding hydrogens is 356 g/mol. The van der Waals surface area contributed by atoms with Crippen molar-refractivity contribution in [3.05, 3.63) is 29.8 Å². The molecule has 0 aliphatic heterocycles. The topological polar surface area (TPSA) is 43.4 Å². The molecule has 1 aromatic carbocycles. The van der Waals surface area contributed by atoms with Crippen LogP contribution in [0.4, 0.5) is 0 Å². The Balaban J connectivity index is 0.000000271. The molecular formula is C23H40O3S. The number of aryl methyl sites for hydroxylation is 1. The summed E-state index contributed by atoms with van der Waals surface area (Å²) in [4.78, 5) is 0. The fraction of sp³-hybridized carbons (Fsp3) is 0.739. The first kappa shape index (κ1) is 24.0. The van der Waals surface area contributed by atoms with Crippen LogP contribution in [0.25, 0.3) is 0 Å². The summed E-state index contributed by atoms with van der Waals surface area (Å²) in [6.07, 6.45) is 7.00. The van der Waals surface area contributed by atoms with E-state index in [2.05, 4.69) is 39.8 Å². The molecule has 1 aliphatic rings. The second-order valence-electron chi connectivity index (χ2n) is 9.61. The van der Waals surface area contributed by atoms with Gasteiger partial charge in [-0.15, -0.1) is 0 Å². The summed E-state index contributed by atoms with van der Waals surface area (Å²) in [5.41, 5.74) is 1.24. The van der Waals surface area contributed by atoms with Crippen LogP contribution >= 0.6 is 0 Å². The van der Waals surface area contributed by atoms with E-state index in [1.807, 2.05) is 12.1 Å². The van der Waals surface area contributed by atoms with Crippen LogP contribution in [0.5, 0.6) is 5.75 Å². The van der Waals surface area contributed by atoms with Gasteiger partial charge in [0.15, 0.2) is 9.84 Å². The monoisotopic (exact) mass is 396 g/mol. The molecule has 2 rings (SSSR count). The van der Waals surface area contributed by atoms with E-state index in [0.29, 0.717) is 11.7 Å². The lowest BCUT2D eigenvalue weighted by Gasteiger charge is -2.26. The molecule has 1 aromatic rings. The maximum atomic E-state index is 11.9. The summed E-state index contributed by atoms with van der Waals surface area (Å²) in [6, 6.07) is 8.29. The predicted octanol–water partition coefficient (Wildman–Crippen LogP) is 6.21. The molecule has 4 heteroatoms. The van der Waals surface area contributed by atoms with Crippen LogP contribution in [0.15, 0.2) is 24.3 Å². The van der Waals surface area contributed by atoms with Gasteiger partial charge in [-0.1, -0.05) is 38.3 Å². The smallest absolute Gasteiger partial charge is 0.155 e. The lowest BCUT2D eigenvalue weighted by atomic mass is 9.91. The van der Waals surface area contributed by atoms with Gasteiger partial charge in [0.2, 0.25) is 0 Å². The van der Waals surface area contributed by atoms with Crippen LogP contribution in [0.3, 0.4) is 0 Å². The summed E-state index contributed by atoms with van der Waals surface area (Å²) in [7, 11) is -2.90. The lowest BCUT2D eigenvalue weighted by Crippen LogP contribution is -2.33. The standard InChI is InChI=1S/C12H18O.C11H22O2S/c1-5-10-6-8-11(9-7-10)13-12(2,3)4;1-11(2,3)14(12,13)9-10-7-5-4-6-8-10/h6-9H,5H2,1-4H3;10H,4-9H2,1-3H3. The Morgan fingerprint density at radius 2 is 1.44 bits per heavy atom. The highest BCUT2D eigenvalue weighted by Crippen LogP contribution is 2.28. The molecule has 0 atom stereocenters. The average molecular weight is 397 g/mol. The van der Waals surface area contributed by atoms with Gasteiger partial charge in [0.05, 0.1) is 10.5 Å². The average Bonchev–Trinajstić information content (AvgIpc) is 2.54. The van der Waals surface area contributed by atoms with Crippen LogP contribution in [-0.4, -0.2) is 24.5 Å². The third-order valence-corrected chi connectivity index (χ3v) is 7.64. The first-order valence-electron chi connectivity index (χ1n) is 10.3. The van der Waals surface area contributed by atoms with Crippen molar-refractivity contribution < 1.29 is 13.2 Å². The van der Waals surface area contributed by atoms with Crippen molar-refractivity contribution in [1.82, 2.24) is 0 Å². The van der Waals surface area contributed by atoms with E-state index in [9.17, 15) is 8.42 Å². The molecule has 1 saturated carbocycles. The Hall–Kier alpha value is -1.03. The van der Waals surface area contributed by atoms with Crippen LogP contribution < -0.4 is 4.74 Å². The zero-order chi connectivity index (χ0) is 20.7. The molecule has 0 amide bonds. The van der Waals surface area contributed by atoms with Gasteiger partial charge in [-0.05, 0) is 84.4 Å². The molecule has 0 radical (unpaired) electrons. The van der Waals surface area contributed by atoms with Gasteiger partial charge in [0.25, 0.3) is 0 Å². The number of ether oxygens (including phenoxy) is 1. The minimum atomic E-state index is -2.90. The van der Waals surface area contributed by atoms with E-state index in [1.54, 1.807) is 20.8 Å². The van der Waals surface area contributed by atoms with Gasteiger partial charge in [0, 0.05) is 0 Å². The number of sulfone groups is 1. The van der Waals surface area contributed by atoms with Gasteiger partial charge in [0.1, 0.15) is 11.4 Å². The van der Waals surface area contributed by atoms with Gasteiger partial charge >= 0.3 is 0 Å². The SMILES string of the molecule is CC(C)(C)S(=O)(=O)CC1CCCCC1.CCc1ccc(OC(C)(C)C)cc1. The quantitative estimate of drug-likeness (QED) is 0.608. The molecule has 1 fully saturated rings. The molecule has 156 valence electrons. The first-order valence-corrected chi connectivity index (χ1v) is 12.0. The summed E-state index contributed by atoms with van der Waals surface area (Å²) >= 11 is 0. The molecule has 0 aromatic heterocycles. The van der Waals surface area contributed by atoms with Crippen molar-refractivity contribution in [2.75, 3.05) is 5.75 Å². The normalized spacial score (nSPS) is 16.4. The van der Waals surface area contributed by atoms with Crippen molar-refractivity contribution in [1.29, 1.82) is 0 Å². The second kappa shape index (κ2) is 9.95. The van der Waals surface area contributed by atoms with Gasteiger partial charge in [-0.3, -0.25) is 0 Å². The zero-order valence-corrected chi connectivity index (χ0v) is 19.3. The Labute approximate surface area is 167 Å². The first-order chi connectivity index (χ1) is 12.3. The van der Waals surface area contributed by atoms with E-state index in [0.717, 1.165) is 25.0 Å². The highest BCUT2D eigenvalue weighted by molar-refractivity contribution is 7.92. The van der Waals surface area contributed by atoms with E-state index >= 15 is 0 Å². The number of hydrogen-bond donors (Lipinski definition) is 0. The van der Waals surface area contributed by atoms with Crippen molar-refractivity contribution in [2.24, 2.45) is 5.92 Å². The molecule has 0 saturated heterocycles. The van der Waals surface area contributed by atoms with Gasteiger partial charge < -0.3 is 4.74 Å². The Bertz CT molecular complexity index is 640. The van der Waals surface area contributed by atoms with E-state index in [-0.39, 0.29) is 5.60 Å². The van der Waals surface area contributed by atoms with Crippen molar-refractivity contribution in [3.8, 4) is 5.75 Å². The fourth-order valence-electron chi connectivity index (χ4n) is 3.06. The minimum absolute atomic E-state index is 0.103. The lowest BCUT2D eigenvalue weighted by molar-refractivity contribution is 0.131. The summed E-state index contributed by atoms with van der Waals surface area (Å²) in [5, 5.41) is 0. The van der Waals surface area contributed by atoms with Crippen LogP contribution in [0, 0.1) is 5.92 Å². The Kier molecular flexibility index (Phi) is 8.85.